The van der Waals surface area contributed by atoms with Crippen molar-refractivity contribution in [2.24, 2.45) is 0 Å². The van der Waals surface area contributed by atoms with Gasteiger partial charge in [0, 0.05) is 16.5 Å². The number of amides is 1. The highest BCUT2D eigenvalue weighted by molar-refractivity contribution is 7.09. The van der Waals surface area contributed by atoms with E-state index in [1.807, 2.05) is 47.8 Å². The Balaban J connectivity index is 1.71. The highest BCUT2D eigenvalue weighted by Crippen LogP contribution is 2.16. The molecule has 1 N–H and O–H groups in total. The van der Waals surface area contributed by atoms with Gasteiger partial charge in [0.1, 0.15) is 0 Å². The minimum atomic E-state index is 0.0246. The minimum absolute atomic E-state index is 0.0246. The molecule has 1 amide bonds. The molecule has 2 heterocycles. The number of nitrogens with zero attached hydrogens (tertiary/aromatic N) is 1. The molecule has 20 heavy (non-hydrogen) atoms. The lowest BCUT2D eigenvalue weighted by atomic mass is 10.1. The second kappa shape index (κ2) is 5.84. The van der Waals surface area contributed by atoms with Crippen LogP contribution in [0.25, 0.3) is 10.9 Å². The van der Waals surface area contributed by atoms with Crippen LogP contribution in [-0.4, -0.2) is 10.9 Å². The topological polar surface area (TPSA) is 42.0 Å². The molecule has 1 aromatic carbocycles. The zero-order chi connectivity index (χ0) is 13.8. The summed E-state index contributed by atoms with van der Waals surface area (Å²) in [5.74, 6) is 0.0246. The lowest BCUT2D eigenvalue weighted by Crippen LogP contribution is -2.24. The fraction of sp³-hybridized carbons (Fsp3) is 0.125. The number of fused-ring (bicyclic) bond motifs is 1. The maximum Gasteiger partial charge on any atom is 0.224 e. The summed E-state index contributed by atoms with van der Waals surface area (Å²) < 4.78 is 0. The summed E-state index contributed by atoms with van der Waals surface area (Å²) in [5, 5.41) is 6.02. The smallest absolute Gasteiger partial charge is 0.224 e. The second-order valence-corrected chi connectivity index (χ2v) is 5.56. The molecule has 0 aliphatic rings. The van der Waals surface area contributed by atoms with Crippen molar-refractivity contribution in [1.82, 2.24) is 10.3 Å². The average molecular weight is 282 g/mol. The zero-order valence-electron chi connectivity index (χ0n) is 10.9. The van der Waals surface area contributed by atoms with Crippen LogP contribution in [0, 0.1) is 0 Å². The summed E-state index contributed by atoms with van der Waals surface area (Å²) in [6.07, 6.45) is 2.12. The van der Waals surface area contributed by atoms with Crippen molar-refractivity contribution in [3.63, 3.8) is 0 Å². The maximum absolute atomic E-state index is 12.0. The molecule has 0 unspecified atom stereocenters. The number of hydrogen-bond acceptors (Lipinski definition) is 3. The van der Waals surface area contributed by atoms with E-state index in [9.17, 15) is 4.79 Å². The third-order valence-corrected chi connectivity index (χ3v) is 3.98. The number of hydrogen-bond donors (Lipinski definition) is 1. The average Bonchev–Trinajstić information content (AvgIpc) is 2.99. The van der Waals surface area contributed by atoms with E-state index in [0.717, 1.165) is 21.3 Å². The number of carbonyl (C=O) groups is 1. The van der Waals surface area contributed by atoms with E-state index in [1.54, 1.807) is 17.5 Å². The van der Waals surface area contributed by atoms with Crippen molar-refractivity contribution in [2.45, 2.75) is 13.0 Å². The molecule has 3 rings (SSSR count). The summed E-state index contributed by atoms with van der Waals surface area (Å²) >= 11 is 1.65. The molecular formula is C16H14N2OS. The summed E-state index contributed by atoms with van der Waals surface area (Å²) in [4.78, 5) is 17.5. The molecule has 2 aromatic heterocycles. The lowest BCUT2D eigenvalue weighted by Gasteiger charge is -2.06. The van der Waals surface area contributed by atoms with Gasteiger partial charge in [-0.05, 0) is 23.1 Å². The summed E-state index contributed by atoms with van der Waals surface area (Å²) in [6, 6.07) is 13.9. The molecule has 0 spiro atoms. The number of nitrogens with one attached hydrogen (secondary N) is 1. The van der Waals surface area contributed by atoms with E-state index < -0.39 is 0 Å². The fourth-order valence-electron chi connectivity index (χ4n) is 2.14. The van der Waals surface area contributed by atoms with E-state index in [1.165, 1.54) is 0 Å². The molecule has 4 heteroatoms. The highest BCUT2D eigenvalue weighted by atomic mass is 32.1. The van der Waals surface area contributed by atoms with Gasteiger partial charge in [-0.2, -0.15) is 0 Å². The van der Waals surface area contributed by atoms with E-state index in [4.69, 9.17) is 0 Å². The number of thiophene rings is 1. The second-order valence-electron chi connectivity index (χ2n) is 4.53. The zero-order valence-corrected chi connectivity index (χ0v) is 11.7. The molecule has 0 bridgehead atoms. The lowest BCUT2D eigenvalue weighted by molar-refractivity contribution is -0.120. The first-order valence-electron chi connectivity index (χ1n) is 6.44. The van der Waals surface area contributed by atoms with Crippen LogP contribution in [-0.2, 0) is 17.8 Å². The Labute approximate surface area is 121 Å². The summed E-state index contributed by atoms with van der Waals surface area (Å²) in [5.41, 5.74) is 1.87. The van der Waals surface area contributed by atoms with Crippen molar-refractivity contribution in [1.29, 1.82) is 0 Å². The van der Waals surface area contributed by atoms with Gasteiger partial charge in [0.2, 0.25) is 5.91 Å². The van der Waals surface area contributed by atoms with Crippen LogP contribution in [0.1, 0.15) is 10.4 Å². The standard InChI is InChI=1S/C16H14N2OS/c19-15(18-11-14-7-3-9-20-14)10-13-5-1-4-12-6-2-8-17-16(12)13/h1-9H,10-11H2,(H,18,19). The third-order valence-electron chi connectivity index (χ3n) is 3.11. The van der Waals surface area contributed by atoms with Crippen LogP contribution in [0.4, 0.5) is 0 Å². The quantitative estimate of drug-likeness (QED) is 0.798. The Bertz CT molecular complexity index is 717. The Kier molecular flexibility index (Phi) is 3.74. The first-order chi connectivity index (χ1) is 9.83. The summed E-state index contributed by atoms with van der Waals surface area (Å²) in [6.45, 7) is 0.592. The SMILES string of the molecule is O=C(Cc1cccc2cccnc12)NCc1cccs1. The number of para-hydroxylation sites is 1. The van der Waals surface area contributed by atoms with Gasteiger partial charge in [-0.15, -0.1) is 11.3 Å². The van der Waals surface area contributed by atoms with Crippen LogP contribution in [0.15, 0.2) is 54.0 Å². The van der Waals surface area contributed by atoms with Gasteiger partial charge in [-0.25, -0.2) is 0 Å². The predicted octanol–water partition coefficient (Wildman–Crippen LogP) is 3.16. The first kappa shape index (κ1) is 12.8. The van der Waals surface area contributed by atoms with Gasteiger partial charge in [0.25, 0.3) is 0 Å². The van der Waals surface area contributed by atoms with Crippen LogP contribution >= 0.6 is 11.3 Å². The van der Waals surface area contributed by atoms with E-state index in [0.29, 0.717) is 13.0 Å². The number of carbonyl (C=O) groups excluding carboxylic acids is 1. The molecule has 0 aliphatic carbocycles. The predicted molar refractivity (Wildman–Crippen MR) is 81.6 cm³/mol. The van der Waals surface area contributed by atoms with Crippen molar-refractivity contribution < 1.29 is 4.79 Å². The normalized spacial score (nSPS) is 10.6. The number of rotatable bonds is 4. The van der Waals surface area contributed by atoms with Crippen molar-refractivity contribution >= 4 is 28.1 Å². The Morgan fingerprint density at radius 2 is 2.05 bits per heavy atom. The van der Waals surface area contributed by atoms with Crippen LogP contribution in [0.3, 0.4) is 0 Å². The molecular weight excluding hydrogens is 268 g/mol. The monoisotopic (exact) mass is 282 g/mol. The minimum Gasteiger partial charge on any atom is -0.351 e. The molecule has 100 valence electrons. The molecule has 0 radical (unpaired) electrons. The van der Waals surface area contributed by atoms with Crippen molar-refractivity contribution in [2.75, 3.05) is 0 Å². The Morgan fingerprint density at radius 3 is 2.90 bits per heavy atom. The molecule has 0 saturated carbocycles. The summed E-state index contributed by atoms with van der Waals surface area (Å²) in [7, 11) is 0. The fourth-order valence-corrected chi connectivity index (χ4v) is 2.79. The molecule has 0 saturated heterocycles. The van der Waals surface area contributed by atoms with E-state index in [2.05, 4.69) is 10.3 Å². The molecule has 0 atom stereocenters. The number of aromatic nitrogens is 1. The first-order valence-corrected chi connectivity index (χ1v) is 7.32. The van der Waals surface area contributed by atoms with E-state index >= 15 is 0 Å². The Morgan fingerprint density at radius 1 is 1.15 bits per heavy atom. The third kappa shape index (κ3) is 2.86. The molecule has 0 aliphatic heterocycles. The van der Waals surface area contributed by atoms with Crippen molar-refractivity contribution in [3.05, 3.63) is 64.5 Å². The van der Waals surface area contributed by atoms with Gasteiger partial charge >= 0.3 is 0 Å². The van der Waals surface area contributed by atoms with Crippen molar-refractivity contribution in [3.8, 4) is 0 Å². The Hall–Kier alpha value is -2.20. The van der Waals surface area contributed by atoms with Crippen LogP contribution in [0.2, 0.25) is 0 Å². The van der Waals surface area contributed by atoms with Crippen LogP contribution in [0.5, 0.6) is 0 Å². The van der Waals surface area contributed by atoms with Gasteiger partial charge in [-0.1, -0.05) is 30.3 Å². The van der Waals surface area contributed by atoms with E-state index in [-0.39, 0.29) is 5.91 Å². The largest absolute Gasteiger partial charge is 0.351 e. The van der Waals surface area contributed by atoms with Gasteiger partial charge in [0.05, 0.1) is 18.5 Å². The molecule has 0 fully saturated rings. The number of pyridine rings is 1. The number of benzene rings is 1. The van der Waals surface area contributed by atoms with Crippen LogP contribution < -0.4 is 5.32 Å². The van der Waals surface area contributed by atoms with Gasteiger partial charge in [0.15, 0.2) is 0 Å². The highest BCUT2D eigenvalue weighted by Gasteiger charge is 2.07. The van der Waals surface area contributed by atoms with Gasteiger partial charge < -0.3 is 5.32 Å². The molecule has 3 nitrogen and oxygen atoms in total. The van der Waals surface area contributed by atoms with Gasteiger partial charge in [-0.3, -0.25) is 9.78 Å². The maximum atomic E-state index is 12.0. The molecule has 3 aromatic rings.